The third-order valence-electron chi connectivity index (χ3n) is 7.15. The highest BCUT2D eigenvalue weighted by molar-refractivity contribution is 5.80. The summed E-state index contributed by atoms with van der Waals surface area (Å²) >= 11 is 0. The van der Waals surface area contributed by atoms with Crippen molar-refractivity contribution in [2.75, 3.05) is 7.11 Å². The van der Waals surface area contributed by atoms with Crippen molar-refractivity contribution in [1.82, 2.24) is 30.1 Å². The van der Waals surface area contributed by atoms with Crippen LogP contribution < -0.4 is 10.3 Å². The van der Waals surface area contributed by atoms with Crippen LogP contribution in [-0.2, 0) is 26.1 Å². The molecule has 0 amide bonds. The monoisotopic (exact) mass is 522 g/mol. The summed E-state index contributed by atoms with van der Waals surface area (Å²) in [7, 11) is 1.64. The number of tetrazole rings is 1. The van der Waals surface area contributed by atoms with Crippen molar-refractivity contribution >= 4 is 10.9 Å². The zero-order chi connectivity index (χ0) is 27.2. The van der Waals surface area contributed by atoms with Gasteiger partial charge in [0.05, 0.1) is 13.2 Å². The van der Waals surface area contributed by atoms with Gasteiger partial charge < -0.3 is 9.72 Å². The highest BCUT2D eigenvalue weighted by atomic mass is 16.5. The summed E-state index contributed by atoms with van der Waals surface area (Å²) in [5.41, 5.74) is 4.99. The molecule has 2 heterocycles. The second-order valence-electron chi connectivity index (χ2n) is 9.89. The van der Waals surface area contributed by atoms with E-state index in [0.29, 0.717) is 25.2 Å². The Hall–Kier alpha value is -4.30. The van der Waals surface area contributed by atoms with Crippen LogP contribution in [0.15, 0.2) is 83.7 Å². The molecular formula is C31H34N6O2. The fourth-order valence-corrected chi connectivity index (χ4v) is 4.99. The van der Waals surface area contributed by atoms with Gasteiger partial charge in [-0.1, -0.05) is 67.1 Å². The molecule has 0 saturated heterocycles. The highest BCUT2D eigenvalue weighted by Crippen LogP contribution is 2.27. The predicted octanol–water partition coefficient (Wildman–Crippen LogP) is 5.23. The van der Waals surface area contributed by atoms with Crippen molar-refractivity contribution in [2.45, 2.75) is 52.4 Å². The SMILES string of the molecule is CCC(c1nnnn1CCc1ccccc1)N(Cc1ccc(C)cc1)Cc1cc2cc(OC)ccc2[nH]c1=O. The van der Waals surface area contributed by atoms with Gasteiger partial charge in [0, 0.05) is 36.1 Å². The smallest absolute Gasteiger partial charge is 0.252 e. The van der Waals surface area contributed by atoms with Crippen LogP contribution in [-0.4, -0.2) is 37.2 Å². The lowest BCUT2D eigenvalue weighted by molar-refractivity contribution is 0.160. The number of ether oxygens (including phenoxy) is 1. The molecule has 200 valence electrons. The van der Waals surface area contributed by atoms with Crippen molar-refractivity contribution in [2.24, 2.45) is 0 Å². The molecule has 1 atom stereocenters. The molecule has 0 aliphatic carbocycles. The van der Waals surface area contributed by atoms with E-state index in [2.05, 4.69) is 75.7 Å². The number of hydrogen-bond acceptors (Lipinski definition) is 6. The number of methoxy groups -OCH3 is 1. The molecule has 0 bridgehead atoms. The summed E-state index contributed by atoms with van der Waals surface area (Å²) in [4.78, 5) is 18.5. The Morgan fingerprint density at radius 1 is 0.974 bits per heavy atom. The lowest BCUT2D eigenvalue weighted by atomic mass is 10.1. The molecular weight excluding hydrogens is 488 g/mol. The van der Waals surface area contributed by atoms with E-state index < -0.39 is 0 Å². The maximum absolute atomic E-state index is 13.2. The molecule has 0 spiro atoms. The number of fused-ring (bicyclic) bond motifs is 1. The Bertz CT molecular complexity index is 1580. The lowest BCUT2D eigenvalue weighted by Gasteiger charge is -2.30. The second kappa shape index (κ2) is 12.0. The first-order chi connectivity index (χ1) is 19.0. The van der Waals surface area contributed by atoms with Crippen LogP contribution in [0.1, 0.15) is 47.5 Å². The summed E-state index contributed by atoms with van der Waals surface area (Å²) in [6.45, 7) is 6.00. The molecule has 8 nitrogen and oxygen atoms in total. The van der Waals surface area contributed by atoms with Crippen molar-refractivity contribution in [3.05, 3.63) is 117 Å². The van der Waals surface area contributed by atoms with Gasteiger partial charge in [-0.2, -0.15) is 0 Å². The molecule has 39 heavy (non-hydrogen) atoms. The Balaban J connectivity index is 1.48. The van der Waals surface area contributed by atoms with Crippen molar-refractivity contribution in [3.8, 4) is 5.75 Å². The van der Waals surface area contributed by atoms with Crippen LogP contribution in [0.3, 0.4) is 0 Å². The maximum atomic E-state index is 13.2. The van der Waals surface area contributed by atoms with Crippen molar-refractivity contribution in [3.63, 3.8) is 0 Å². The zero-order valence-corrected chi connectivity index (χ0v) is 22.7. The number of nitrogens with zero attached hydrogens (tertiary/aromatic N) is 5. The summed E-state index contributed by atoms with van der Waals surface area (Å²) in [5.74, 6) is 1.56. The zero-order valence-electron chi connectivity index (χ0n) is 22.7. The number of aromatic nitrogens is 5. The Morgan fingerprint density at radius 3 is 2.51 bits per heavy atom. The molecule has 0 aliphatic heterocycles. The summed E-state index contributed by atoms with van der Waals surface area (Å²) in [5, 5.41) is 13.8. The van der Waals surface area contributed by atoms with Crippen LogP contribution in [0.5, 0.6) is 5.75 Å². The molecule has 3 aromatic carbocycles. The van der Waals surface area contributed by atoms with Gasteiger partial charge >= 0.3 is 0 Å². The van der Waals surface area contributed by atoms with Gasteiger partial charge in [-0.3, -0.25) is 9.69 Å². The molecule has 0 radical (unpaired) electrons. The minimum atomic E-state index is -0.0971. The number of rotatable bonds is 11. The molecule has 0 aliphatic rings. The molecule has 1 N–H and O–H groups in total. The second-order valence-corrected chi connectivity index (χ2v) is 9.89. The van der Waals surface area contributed by atoms with Gasteiger partial charge in [0.15, 0.2) is 5.82 Å². The van der Waals surface area contributed by atoms with Gasteiger partial charge in [0.25, 0.3) is 5.56 Å². The van der Waals surface area contributed by atoms with E-state index >= 15 is 0 Å². The first kappa shape index (κ1) is 26.3. The maximum Gasteiger partial charge on any atom is 0.252 e. The highest BCUT2D eigenvalue weighted by Gasteiger charge is 2.26. The van der Waals surface area contributed by atoms with Crippen molar-refractivity contribution in [1.29, 1.82) is 0 Å². The van der Waals surface area contributed by atoms with E-state index in [-0.39, 0.29) is 11.6 Å². The average molecular weight is 523 g/mol. The number of benzene rings is 3. The Kier molecular flexibility index (Phi) is 8.13. The molecule has 5 aromatic rings. The summed E-state index contributed by atoms with van der Waals surface area (Å²) in [6, 6.07) is 26.4. The summed E-state index contributed by atoms with van der Waals surface area (Å²) in [6.07, 6.45) is 1.62. The standard InChI is InChI=1S/C31H34N6O2/c1-4-29(30-33-34-35-37(30)17-16-23-8-6-5-7-9-23)36(20-24-12-10-22(2)11-13-24)21-26-18-25-19-27(39-3)14-15-28(25)32-31(26)38/h5-15,18-19,29H,4,16-17,20-21H2,1-3H3,(H,32,38). The summed E-state index contributed by atoms with van der Waals surface area (Å²) < 4.78 is 7.31. The van der Waals surface area contributed by atoms with E-state index in [1.54, 1.807) is 7.11 Å². The first-order valence-corrected chi connectivity index (χ1v) is 13.3. The fourth-order valence-electron chi connectivity index (χ4n) is 4.99. The van der Waals surface area contributed by atoms with Gasteiger partial charge in [-0.15, -0.1) is 5.10 Å². The van der Waals surface area contributed by atoms with Crippen LogP contribution in [0.25, 0.3) is 10.9 Å². The number of pyridine rings is 1. The van der Waals surface area contributed by atoms with E-state index in [4.69, 9.17) is 4.74 Å². The molecule has 8 heteroatoms. The minimum Gasteiger partial charge on any atom is -0.497 e. The topological polar surface area (TPSA) is 88.9 Å². The fraction of sp³-hybridized carbons (Fsp3) is 0.290. The molecule has 0 fully saturated rings. The van der Waals surface area contributed by atoms with Gasteiger partial charge in [0.1, 0.15) is 5.75 Å². The number of H-pyrrole nitrogens is 1. The predicted molar refractivity (Wildman–Crippen MR) is 153 cm³/mol. The van der Waals surface area contributed by atoms with Crippen LogP contribution in [0, 0.1) is 6.92 Å². The van der Waals surface area contributed by atoms with Crippen LogP contribution in [0.4, 0.5) is 0 Å². The molecule has 0 saturated carbocycles. The quantitative estimate of drug-likeness (QED) is 0.256. The van der Waals surface area contributed by atoms with E-state index in [0.717, 1.165) is 35.3 Å². The number of aromatic amines is 1. The lowest BCUT2D eigenvalue weighted by Crippen LogP contribution is -2.32. The largest absolute Gasteiger partial charge is 0.497 e. The number of nitrogens with one attached hydrogen (secondary N) is 1. The van der Waals surface area contributed by atoms with E-state index in [1.807, 2.05) is 47.1 Å². The Labute approximate surface area is 228 Å². The number of hydrogen-bond donors (Lipinski definition) is 1. The first-order valence-electron chi connectivity index (χ1n) is 13.3. The third kappa shape index (κ3) is 6.23. The van der Waals surface area contributed by atoms with E-state index in [1.165, 1.54) is 16.7 Å². The number of aryl methyl sites for hydroxylation is 3. The molecule has 5 rings (SSSR count). The van der Waals surface area contributed by atoms with Gasteiger partial charge in [-0.25, -0.2) is 4.68 Å². The minimum absolute atomic E-state index is 0.0857. The van der Waals surface area contributed by atoms with Gasteiger partial charge in [0.2, 0.25) is 0 Å². The van der Waals surface area contributed by atoms with E-state index in [9.17, 15) is 4.79 Å². The third-order valence-corrected chi connectivity index (χ3v) is 7.15. The molecule has 2 aromatic heterocycles. The molecule has 1 unspecified atom stereocenters. The van der Waals surface area contributed by atoms with Crippen LogP contribution in [0.2, 0.25) is 0 Å². The average Bonchev–Trinajstić information content (AvgIpc) is 3.42. The van der Waals surface area contributed by atoms with Gasteiger partial charge in [-0.05, 0) is 65.6 Å². The van der Waals surface area contributed by atoms with Crippen molar-refractivity contribution < 1.29 is 4.74 Å². The van der Waals surface area contributed by atoms with Crippen LogP contribution >= 0.6 is 0 Å². The Morgan fingerprint density at radius 2 is 1.77 bits per heavy atom. The normalized spacial score (nSPS) is 12.2.